The van der Waals surface area contributed by atoms with Crippen molar-refractivity contribution in [2.45, 2.75) is 12.8 Å². The minimum absolute atomic E-state index is 0.345. The summed E-state index contributed by atoms with van der Waals surface area (Å²) < 4.78 is 16.0. The highest BCUT2D eigenvalue weighted by atomic mass is 16.5. The molecule has 0 heterocycles. The first-order valence-corrected chi connectivity index (χ1v) is 8.68. The van der Waals surface area contributed by atoms with Crippen molar-refractivity contribution in [2.75, 3.05) is 33.2 Å². The molecule has 1 atom stereocenters. The summed E-state index contributed by atoms with van der Waals surface area (Å²) in [6.45, 7) is 3.01. The van der Waals surface area contributed by atoms with Gasteiger partial charge in [-0.25, -0.2) is 0 Å². The van der Waals surface area contributed by atoms with E-state index in [9.17, 15) is 0 Å². The number of fused-ring (bicyclic) bond motifs is 1. The number of nitrogens with one attached hydrogen (secondary N) is 1. The smallest absolute Gasteiger partial charge is 0.142 e. The lowest BCUT2D eigenvalue weighted by Crippen LogP contribution is -2.10. The number of hydrogen-bond donors (Lipinski definition) is 1. The van der Waals surface area contributed by atoms with E-state index in [4.69, 9.17) is 14.2 Å². The van der Waals surface area contributed by atoms with Gasteiger partial charge in [0.1, 0.15) is 17.2 Å². The second kappa shape index (κ2) is 8.00. The maximum Gasteiger partial charge on any atom is 0.142 e. The van der Waals surface area contributed by atoms with Crippen molar-refractivity contribution in [3.05, 3.63) is 60.2 Å². The van der Waals surface area contributed by atoms with Crippen molar-refractivity contribution < 1.29 is 14.2 Å². The number of benzene rings is 3. The fourth-order valence-corrected chi connectivity index (χ4v) is 3.01. The summed E-state index contributed by atoms with van der Waals surface area (Å²) in [6.07, 6.45) is 0. The normalized spacial score (nSPS) is 11.8. The van der Waals surface area contributed by atoms with E-state index < -0.39 is 0 Å². The molecular weight excluding hydrogens is 326 g/mol. The van der Waals surface area contributed by atoms with E-state index in [0.29, 0.717) is 5.92 Å². The van der Waals surface area contributed by atoms with E-state index in [-0.39, 0.29) is 0 Å². The first-order chi connectivity index (χ1) is 12.6. The van der Waals surface area contributed by atoms with Crippen LogP contribution in [0.4, 0.5) is 5.69 Å². The Morgan fingerprint density at radius 1 is 0.769 bits per heavy atom. The molecule has 3 aromatic carbocycles. The van der Waals surface area contributed by atoms with Crippen LogP contribution in [0.15, 0.2) is 54.6 Å². The summed E-state index contributed by atoms with van der Waals surface area (Å²) in [5.41, 5.74) is 2.22. The van der Waals surface area contributed by atoms with Crippen LogP contribution in [-0.4, -0.2) is 27.9 Å². The molecule has 136 valence electrons. The predicted molar refractivity (Wildman–Crippen MR) is 107 cm³/mol. The Balaban J connectivity index is 1.76. The fraction of sp³-hybridized carbons (Fsp3) is 0.273. The molecule has 3 aromatic rings. The van der Waals surface area contributed by atoms with E-state index in [0.717, 1.165) is 29.5 Å². The number of hydrogen-bond acceptors (Lipinski definition) is 4. The zero-order valence-electron chi connectivity index (χ0n) is 15.7. The van der Waals surface area contributed by atoms with Gasteiger partial charge < -0.3 is 19.5 Å². The monoisotopic (exact) mass is 351 g/mol. The molecule has 0 aromatic heterocycles. The van der Waals surface area contributed by atoms with Gasteiger partial charge in [0.15, 0.2) is 0 Å². The third-order valence-electron chi connectivity index (χ3n) is 4.65. The van der Waals surface area contributed by atoms with E-state index in [2.05, 4.69) is 42.6 Å². The highest BCUT2D eigenvalue weighted by Crippen LogP contribution is 2.30. The zero-order chi connectivity index (χ0) is 18.5. The molecule has 0 fully saturated rings. The standard InChI is InChI=1S/C22H25NO3/c1-15(14-23-21-13-20(25-3)9-10-22(21)26-4)16-5-6-18-12-19(24-2)8-7-17(18)11-16/h5-13,15,23H,14H2,1-4H3. The first-order valence-electron chi connectivity index (χ1n) is 8.68. The van der Waals surface area contributed by atoms with E-state index >= 15 is 0 Å². The molecule has 0 saturated carbocycles. The van der Waals surface area contributed by atoms with Crippen LogP contribution in [0.3, 0.4) is 0 Å². The van der Waals surface area contributed by atoms with Crippen molar-refractivity contribution in [2.24, 2.45) is 0 Å². The molecule has 26 heavy (non-hydrogen) atoms. The molecule has 1 N–H and O–H groups in total. The van der Waals surface area contributed by atoms with Gasteiger partial charge in [-0.1, -0.05) is 31.2 Å². The molecule has 3 rings (SSSR count). The molecule has 0 saturated heterocycles. The van der Waals surface area contributed by atoms with Crippen molar-refractivity contribution >= 4 is 16.5 Å². The molecule has 0 aliphatic carbocycles. The van der Waals surface area contributed by atoms with Crippen LogP contribution in [0.1, 0.15) is 18.4 Å². The Labute approximate surface area is 154 Å². The van der Waals surface area contributed by atoms with Crippen molar-refractivity contribution in [1.29, 1.82) is 0 Å². The van der Waals surface area contributed by atoms with Crippen molar-refractivity contribution in [1.82, 2.24) is 0 Å². The quantitative estimate of drug-likeness (QED) is 0.644. The summed E-state index contributed by atoms with van der Waals surface area (Å²) in [5, 5.41) is 5.88. The predicted octanol–water partition coefficient (Wildman–Crippen LogP) is 5.08. The number of methoxy groups -OCH3 is 3. The molecule has 0 aliphatic heterocycles. The molecule has 0 radical (unpaired) electrons. The summed E-state index contributed by atoms with van der Waals surface area (Å²) in [7, 11) is 5.03. The van der Waals surface area contributed by atoms with Gasteiger partial charge in [-0.05, 0) is 46.5 Å². The maximum atomic E-state index is 5.43. The molecule has 0 bridgehead atoms. The van der Waals surface area contributed by atoms with E-state index in [1.807, 2.05) is 24.3 Å². The second-order valence-electron chi connectivity index (χ2n) is 6.32. The Morgan fingerprint density at radius 3 is 2.15 bits per heavy atom. The molecule has 0 aliphatic rings. The Hall–Kier alpha value is -2.88. The molecular formula is C22H25NO3. The molecule has 4 nitrogen and oxygen atoms in total. The van der Waals surface area contributed by atoms with Gasteiger partial charge in [0.2, 0.25) is 0 Å². The third kappa shape index (κ3) is 3.85. The topological polar surface area (TPSA) is 39.7 Å². The van der Waals surface area contributed by atoms with Crippen LogP contribution in [0.2, 0.25) is 0 Å². The SMILES string of the molecule is COc1ccc(OC)c(NCC(C)c2ccc3cc(OC)ccc3c2)c1. The largest absolute Gasteiger partial charge is 0.497 e. The lowest BCUT2D eigenvalue weighted by Gasteiger charge is -2.17. The van der Waals surface area contributed by atoms with Gasteiger partial charge in [0.25, 0.3) is 0 Å². The van der Waals surface area contributed by atoms with Gasteiger partial charge in [0, 0.05) is 12.6 Å². The van der Waals surface area contributed by atoms with Crippen molar-refractivity contribution in [3.8, 4) is 17.2 Å². The lowest BCUT2D eigenvalue weighted by atomic mass is 9.97. The van der Waals surface area contributed by atoms with Crippen LogP contribution < -0.4 is 19.5 Å². The van der Waals surface area contributed by atoms with Crippen LogP contribution in [-0.2, 0) is 0 Å². The Kier molecular flexibility index (Phi) is 5.52. The number of rotatable bonds is 7. The Bertz CT molecular complexity index is 892. The van der Waals surface area contributed by atoms with Gasteiger partial charge in [-0.2, -0.15) is 0 Å². The molecule has 0 amide bonds. The molecule has 1 unspecified atom stereocenters. The van der Waals surface area contributed by atoms with Crippen LogP contribution >= 0.6 is 0 Å². The summed E-state index contributed by atoms with van der Waals surface area (Å²) in [6, 6.07) is 18.5. The minimum Gasteiger partial charge on any atom is -0.497 e. The average molecular weight is 351 g/mol. The fourth-order valence-electron chi connectivity index (χ4n) is 3.01. The highest BCUT2D eigenvalue weighted by Gasteiger charge is 2.10. The first kappa shape index (κ1) is 17.9. The average Bonchev–Trinajstić information content (AvgIpc) is 2.70. The summed E-state index contributed by atoms with van der Waals surface area (Å²) >= 11 is 0. The summed E-state index contributed by atoms with van der Waals surface area (Å²) in [4.78, 5) is 0. The third-order valence-corrected chi connectivity index (χ3v) is 4.65. The van der Waals surface area contributed by atoms with Gasteiger partial charge in [-0.3, -0.25) is 0 Å². The van der Waals surface area contributed by atoms with E-state index in [1.54, 1.807) is 21.3 Å². The van der Waals surface area contributed by atoms with Crippen molar-refractivity contribution in [3.63, 3.8) is 0 Å². The zero-order valence-corrected chi connectivity index (χ0v) is 15.7. The number of anilines is 1. The summed E-state index contributed by atoms with van der Waals surface area (Å²) in [5.74, 6) is 2.84. The van der Waals surface area contributed by atoms with Crippen LogP contribution in [0.25, 0.3) is 10.8 Å². The van der Waals surface area contributed by atoms with E-state index in [1.165, 1.54) is 16.3 Å². The van der Waals surface area contributed by atoms with Gasteiger partial charge in [0.05, 0.1) is 27.0 Å². The van der Waals surface area contributed by atoms with Crippen LogP contribution in [0.5, 0.6) is 17.2 Å². The lowest BCUT2D eigenvalue weighted by molar-refractivity contribution is 0.404. The van der Waals surface area contributed by atoms with Crippen LogP contribution in [0, 0.1) is 0 Å². The van der Waals surface area contributed by atoms with Gasteiger partial charge in [-0.15, -0.1) is 0 Å². The Morgan fingerprint density at radius 2 is 1.42 bits per heavy atom. The highest BCUT2D eigenvalue weighted by molar-refractivity contribution is 5.84. The molecule has 4 heteroatoms. The maximum absolute atomic E-state index is 5.43. The minimum atomic E-state index is 0.345. The second-order valence-corrected chi connectivity index (χ2v) is 6.32. The van der Waals surface area contributed by atoms with Gasteiger partial charge >= 0.3 is 0 Å². The number of ether oxygens (including phenoxy) is 3. The molecule has 0 spiro atoms.